The van der Waals surface area contributed by atoms with E-state index in [4.69, 9.17) is 16.2 Å². The molecule has 2 aliphatic rings. The minimum Gasteiger partial charge on any atom is -0.402 e. The van der Waals surface area contributed by atoms with Crippen molar-refractivity contribution in [2.45, 2.75) is 19.8 Å². The number of allylic oxidation sites excluding steroid dienone is 4. The van der Waals surface area contributed by atoms with Gasteiger partial charge >= 0.3 is 0 Å². The molecule has 0 atom stereocenters. The van der Waals surface area contributed by atoms with E-state index in [1.165, 1.54) is 12.2 Å². The molecule has 0 saturated carbocycles. The Bertz CT molecular complexity index is 1030. The van der Waals surface area contributed by atoms with Crippen LogP contribution in [0.1, 0.15) is 35.8 Å². The van der Waals surface area contributed by atoms with Crippen molar-refractivity contribution in [1.29, 1.82) is 0 Å². The van der Waals surface area contributed by atoms with Crippen LogP contribution in [0.2, 0.25) is 0 Å². The van der Waals surface area contributed by atoms with Gasteiger partial charge in [-0.1, -0.05) is 12.7 Å². The van der Waals surface area contributed by atoms with Crippen LogP contribution in [0, 0.1) is 0 Å². The number of hydrogen-bond donors (Lipinski definition) is 3. The number of aliphatic imine (C=N–C) groups is 1. The lowest BCUT2D eigenvalue weighted by atomic mass is 9.98. The van der Waals surface area contributed by atoms with Crippen molar-refractivity contribution in [2.24, 2.45) is 16.5 Å². The smallest absolute Gasteiger partial charge is 0.254 e. The average Bonchev–Trinajstić information content (AvgIpc) is 2.78. The molecule has 2 heterocycles. The monoisotopic (exact) mass is 436 g/mol. The van der Waals surface area contributed by atoms with E-state index < -0.39 is 0 Å². The summed E-state index contributed by atoms with van der Waals surface area (Å²) >= 11 is 0. The number of pyridine rings is 1. The molecule has 168 valence electrons. The first-order valence-corrected chi connectivity index (χ1v) is 10.4. The van der Waals surface area contributed by atoms with Crippen LogP contribution in [0.5, 0.6) is 0 Å². The number of aromatic nitrogens is 1. The summed E-state index contributed by atoms with van der Waals surface area (Å²) in [5.41, 5.74) is 14.8. The Morgan fingerprint density at radius 1 is 1.28 bits per heavy atom. The first-order valence-electron chi connectivity index (χ1n) is 10.4. The number of carbonyl (C=O) groups excluding carboxylic acids is 2. The molecule has 1 aromatic heterocycles. The predicted octanol–water partition coefficient (Wildman–Crippen LogP) is 1.77. The highest BCUT2D eigenvalue weighted by Gasteiger charge is 2.21. The Morgan fingerprint density at radius 3 is 2.72 bits per heavy atom. The quantitative estimate of drug-likeness (QED) is 0.353. The minimum absolute atomic E-state index is 0.121. The van der Waals surface area contributed by atoms with E-state index in [2.05, 4.69) is 21.9 Å². The fraction of sp³-hybridized carbons (Fsp3) is 0.304. The molecular formula is C23H28N6O3. The summed E-state index contributed by atoms with van der Waals surface area (Å²) in [5.74, 6) is 0.0849. The van der Waals surface area contributed by atoms with Gasteiger partial charge in [0, 0.05) is 30.0 Å². The molecular weight excluding hydrogens is 408 g/mol. The third-order valence-electron chi connectivity index (χ3n) is 4.87. The molecule has 3 rings (SSSR count). The van der Waals surface area contributed by atoms with Gasteiger partial charge in [-0.3, -0.25) is 9.59 Å². The number of nitrogens with zero attached hydrogens (tertiary/aromatic N) is 3. The summed E-state index contributed by atoms with van der Waals surface area (Å²) in [6.45, 7) is 7.24. The van der Waals surface area contributed by atoms with Gasteiger partial charge in [-0.2, -0.15) is 0 Å². The molecule has 1 aromatic rings. The number of amides is 2. The number of morpholine rings is 1. The van der Waals surface area contributed by atoms with Gasteiger partial charge in [0.1, 0.15) is 5.84 Å². The number of nitrogens with one attached hydrogen (secondary N) is 1. The number of amidine groups is 1. The highest BCUT2D eigenvalue weighted by atomic mass is 16.5. The number of nitrogens with two attached hydrogens (primary N) is 2. The highest BCUT2D eigenvalue weighted by molar-refractivity contribution is 5.97. The van der Waals surface area contributed by atoms with E-state index >= 15 is 0 Å². The summed E-state index contributed by atoms with van der Waals surface area (Å²) in [4.78, 5) is 35.5. The molecule has 0 aromatic carbocycles. The topological polar surface area (TPSA) is 136 Å². The maximum atomic E-state index is 13.1. The number of hydrogen-bond acceptors (Lipinski definition) is 6. The molecule has 5 N–H and O–H groups in total. The van der Waals surface area contributed by atoms with E-state index in [-0.39, 0.29) is 17.6 Å². The van der Waals surface area contributed by atoms with Gasteiger partial charge < -0.3 is 26.4 Å². The van der Waals surface area contributed by atoms with Crippen LogP contribution in [-0.2, 0) is 9.53 Å². The normalized spacial score (nSPS) is 17.3. The van der Waals surface area contributed by atoms with Crippen molar-refractivity contribution in [1.82, 2.24) is 15.2 Å². The molecule has 1 fully saturated rings. The van der Waals surface area contributed by atoms with Crippen molar-refractivity contribution < 1.29 is 14.3 Å². The average molecular weight is 437 g/mol. The van der Waals surface area contributed by atoms with Crippen molar-refractivity contribution in [2.75, 3.05) is 26.3 Å². The Labute approximate surface area is 187 Å². The molecule has 32 heavy (non-hydrogen) atoms. The van der Waals surface area contributed by atoms with E-state index in [1.807, 2.05) is 12.2 Å². The van der Waals surface area contributed by atoms with Gasteiger partial charge in [-0.05, 0) is 55.7 Å². The van der Waals surface area contributed by atoms with Gasteiger partial charge in [-0.15, -0.1) is 0 Å². The SMILES string of the molecule is C=CC(=O)NC1=CCCC(c2cc(C(=O)N3CCOCC3)cc(N=C(N)C=C(C)N)n2)=C1. The maximum absolute atomic E-state index is 13.1. The van der Waals surface area contributed by atoms with Crippen LogP contribution in [0.4, 0.5) is 5.82 Å². The van der Waals surface area contributed by atoms with Gasteiger partial charge in [0.25, 0.3) is 5.91 Å². The van der Waals surface area contributed by atoms with Crippen molar-refractivity contribution in [3.63, 3.8) is 0 Å². The lowest BCUT2D eigenvalue weighted by Gasteiger charge is -2.27. The number of carbonyl (C=O) groups is 2. The van der Waals surface area contributed by atoms with Crippen LogP contribution in [0.3, 0.4) is 0 Å². The fourth-order valence-electron chi connectivity index (χ4n) is 3.39. The molecule has 0 bridgehead atoms. The minimum atomic E-state index is -0.292. The predicted molar refractivity (Wildman–Crippen MR) is 124 cm³/mol. The van der Waals surface area contributed by atoms with Crippen molar-refractivity contribution >= 4 is 29.0 Å². The molecule has 2 amide bonds. The summed E-state index contributed by atoms with van der Waals surface area (Å²) in [6, 6.07) is 3.37. The zero-order valence-corrected chi connectivity index (χ0v) is 18.1. The largest absolute Gasteiger partial charge is 0.402 e. The van der Waals surface area contributed by atoms with Crippen molar-refractivity contribution in [3.05, 3.63) is 65.7 Å². The third-order valence-corrected chi connectivity index (χ3v) is 4.87. The standard InChI is InChI=1S/C23H28N6O3/c1-3-22(30)26-18-6-4-5-16(12-18)19-13-17(23(31)29-7-9-32-10-8-29)14-21(27-19)28-20(25)11-15(2)24/h3,6,11-14H,1,4-5,7-10,24H2,2H3,(H,26,30)(H2,25,27,28). The lowest BCUT2D eigenvalue weighted by molar-refractivity contribution is -0.115. The number of rotatable bonds is 6. The van der Waals surface area contributed by atoms with Crippen LogP contribution in [0.25, 0.3) is 5.57 Å². The molecule has 1 aliphatic carbocycles. The Hall–Kier alpha value is -3.72. The molecule has 1 aliphatic heterocycles. The lowest BCUT2D eigenvalue weighted by Crippen LogP contribution is -2.40. The highest BCUT2D eigenvalue weighted by Crippen LogP contribution is 2.28. The van der Waals surface area contributed by atoms with Crippen molar-refractivity contribution in [3.8, 4) is 0 Å². The summed E-state index contributed by atoms with van der Waals surface area (Å²) in [7, 11) is 0. The molecule has 1 saturated heterocycles. The molecule has 0 spiro atoms. The van der Waals surface area contributed by atoms with E-state index in [9.17, 15) is 9.59 Å². The third kappa shape index (κ3) is 6.14. The van der Waals surface area contributed by atoms with Gasteiger partial charge in [0.05, 0.1) is 18.9 Å². The summed E-state index contributed by atoms with van der Waals surface area (Å²) < 4.78 is 5.35. The van der Waals surface area contributed by atoms with Crippen LogP contribution < -0.4 is 16.8 Å². The second-order valence-electron chi connectivity index (χ2n) is 7.49. The molecule has 0 unspecified atom stereocenters. The van der Waals surface area contributed by atoms with Gasteiger partial charge in [0.2, 0.25) is 5.91 Å². The Kier molecular flexibility index (Phi) is 7.56. The molecule has 0 radical (unpaired) electrons. The zero-order chi connectivity index (χ0) is 23.1. The molecule has 9 heteroatoms. The Balaban J connectivity index is 2.00. The first kappa shape index (κ1) is 23.0. The molecule has 9 nitrogen and oxygen atoms in total. The second kappa shape index (κ2) is 10.5. The van der Waals surface area contributed by atoms with Crippen LogP contribution in [0.15, 0.2) is 59.4 Å². The van der Waals surface area contributed by atoms with Gasteiger partial charge in [-0.25, -0.2) is 9.98 Å². The fourth-order valence-corrected chi connectivity index (χ4v) is 3.39. The van der Waals surface area contributed by atoms with E-state index in [0.717, 1.165) is 12.0 Å². The Morgan fingerprint density at radius 2 is 2.03 bits per heavy atom. The number of ether oxygens (including phenoxy) is 1. The zero-order valence-electron chi connectivity index (χ0n) is 18.1. The van der Waals surface area contributed by atoms with Gasteiger partial charge in [0.15, 0.2) is 5.82 Å². The first-order chi connectivity index (χ1) is 15.4. The maximum Gasteiger partial charge on any atom is 0.254 e. The van der Waals surface area contributed by atoms with Crippen LogP contribution in [-0.4, -0.2) is 53.8 Å². The van der Waals surface area contributed by atoms with E-state index in [0.29, 0.717) is 61.2 Å². The summed E-state index contributed by atoms with van der Waals surface area (Å²) in [6.07, 6.45) is 7.94. The second-order valence-corrected chi connectivity index (χ2v) is 7.49. The van der Waals surface area contributed by atoms with E-state index in [1.54, 1.807) is 24.0 Å². The summed E-state index contributed by atoms with van der Waals surface area (Å²) in [5, 5.41) is 2.77. The van der Waals surface area contributed by atoms with Crippen LogP contribution >= 0.6 is 0 Å².